The van der Waals surface area contributed by atoms with Crippen molar-refractivity contribution in [2.75, 3.05) is 0 Å². The molecule has 0 aliphatic rings. The second-order valence-corrected chi connectivity index (χ2v) is 36.4. The summed E-state index contributed by atoms with van der Waals surface area (Å²) in [4.78, 5) is 0. The second kappa shape index (κ2) is 33.0. The van der Waals surface area contributed by atoms with Gasteiger partial charge in [-0.1, -0.05) is 346 Å². The average molecular weight is 1770 g/mol. The van der Waals surface area contributed by atoms with Gasteiger partial charge in [-0.15, -0.1) is 0 Å². The van der Waals surface area contributed by atoms with Crippen LogP contribution >= 0.6 is 0 Å². The van der Waals surface area contributed by atoms with Gasteiger partial charge in [-0.3, -0.25) is 0 Å². The third-order valence-electron chi connectivity index (χ3n) is 28.9. The van der Waals surface area contributed by atoms with Gasteiger partial charge in [0.15, 0.2) is 0 Å². The van der Waals surface area contributed by atoms with E-state index in [9.17, 15) is 0 Å². The Bertz CT molecular complexity index is 9790. The van der Waals surface area contributed by atoms with Gasteiger partial charge >= 0.3 is 0 Å². The van der Waals surface area contributed by atoms with Crippen molar-refractivity contribution in [1.82, 2.24) is 36.5 Å². The van der Waals surface area contributed by atoms with Crippen LogP contribution in [0.15, 0.2) is 485 Å². The van der Waals surface area contributed by atoms with Crippen LogP contribution in [-0.2, 0) is 28.2 Å². The fraction of sp³-hybridized carbons (Fsp3) is 0.0308. The molecule has 652 valence electrons. The number of nitrogens with zero attached hydrogens (tertiary/aromatic N) is 8. The molecule has 29 aromatic rings. The van der Waals surface area contributed by atoms with Crippen LogP contribution in [0.5, 0.6) is 0 Å². The van der Waals surface area contributed by atoms with E-state index < -0.39 is 0 Å². The van der Waals surface area contributed by atoms with Crippen molar-refractivity contribution >= 4 is 174 Å². The van der Waals surface area contributed by atoms with Crippen LogP contribution in [0.1, 0.15) is 0 Å². The molecule has 29 rings (SSSR count). The van der Waals surface area contributed by atoms with Gasteiger partial charge in [0.05, 0.1) is 55.2 Å². The van der Waals surface area contributed by atoms with Crippen LogP contribution < -0.4 is 0 Å². The van der Waals surface area contributed by atoms with Crippen LogP contribution in [0.2, 0.25) is 0 Å². The minimum Gasteiger partial charge on any atom is -0.344 e. The van der Waals surface area contributed by atoms with Crippen LogP contribution in [0.4, 0.5) is 0 Å². The largest absolute Gasteiger partial charge is 0.344 e. The van der Waals surface area contributed by atoms with Gasteiger partial charge in [0.25, 0.3) is 0 Å². The molecule has 8 aromatic heterocycles. The van der Waals surface area contributed by atoms with Crippen molar-refractivity contribution in [3.8, 4) is 78.4 Å². The minimum absolute atomic E-state index is 1.17. The third kappa shape index (κ3) is 13.2. The lowest BCUT2D eigenvalue weighted by atomic mass is 9.98. The number of aromatic nitrogens is 8. The lowest BCUT2D eigenvalue weighted by Gasteiger charge is -2.14. The zero-order valence-corrected chi connectivity index (χ0v) is 76.8. The van der Waals surface area contributed by atoms with Crippen LogP contribution in [0.25, 0.3) is 253 Å². The van der Waals surface area contributed by atoms with Gasteiger partial charge in [0.2, 0.25) is 0 Å². The Balaban J connectivity index is 0.0000000959. The van der Waals surface area contributed by atoms with Gasteiger partial charge in [-0.05, 0) is 195 Å². The van der Waals surface area contributed by atoms with Crippen molar-refractivity contribution in [3.05, 3.63) is 485 Å². The summed E-state index contributed by atoms with van der Waals surface area (Å²) in [5.41, 5.74) is 37.0. The normalized spacial score (nSPS) is 11.8. The first-order valence-corrected chi connectivity index (χ1v) is 47.5. The molecule has 8 nitrogen and oxygen atoms in total. The molecule has 0 saturated heterocycles. The molecular weight excluding hydrogens is 1670 g/mol. The number of hydrogen-bond donors (Lipinski definition) is 0. The van der Waals surface area contributed by atoms with E-state index in [0.29, 0.717) is 0 Å². The molecule has 0 atom stereocenters. The van der Waals surface area contributed by atoms with Crippen molar-refractivity contribution < 1.29 is 0 Å². The van der Waals surface area contributed by atoms with Crippen molar-refractivity contribution in [2.45, 2.75) is 0 Å². The van der Waals surface area contributed by atoms with Crippen molar-refractivity contribution in [1.29, 1.82) is 0 Å². The quantitative estimate of drug-likeness (QED) is 0.138. The topological polar surface area (TPSA) is 39.4 Å². The highest BCUT2D eigenvalue weighted by atomic mass is 15.0. The van der Waals surface area contributed by atoms with Crippen molar-refractivity contribution in [3.63, 3.8) is 0 Å². The molecule has 0 amide bonds. The van der Waals surface area contributed by atoms with Gasteiger partial charge in [-0.25, -0.2) is 0 Å². The van der Waals surface area contributed by atoms with E-state index in [2.05, 4.69) is 550 Å². The number of rotatable bonds is 9. The number of hydrogen-bond acceptors (Lipinski definition) is 0. The van der Waals surface area contributed by atoms with Crippen LogP contribution in [0.3, 0.4) is 0 Å². The molecule has 21 aromatic carbocycles. The monoisotopic (exact) mass is 1760 g/mol. The van der Waals surface area contributed by atoms with E-state index in [1.54, 1.807) is 0 Å². The Morgan fingerprint density at radius 1 is 0.116 bits per heavy atom. The van der Waals surface area contributed by atoms with E-state index in [1.165, 1.54) is 253 Å². The zero-order chi connectivity index (χ0) is 91.7. The second-order valence-electron chi connectivity index (χ2n) is 36.4. The van der Waals surface area contributed by atoms with Gasteiger partial charge < -0.3 is 36.5 Å². The minimum atomic E-state index is 1.17. The maximum Gasteiger partial charge on any atom is 0.0641 e. The Kier molecular flexibility index (Phi) is 19.4. The van der Waals surface area contributed by atoms with Gasteiger partial charge in [0, 0.05) is 170 Å². The molecule has 0 aliphatic carbocycles. The van der Waals surface area contributed by atoms with Crippen molar-refractivity contribution in [2.24, 2.45) is 28.2 Å². The molecule has 0 unspecified atom stereocenters. The number of benzene rings is 21. The Morgan fingerprint density at radius 2 is 0.362 bits per heavy atom. The highest BCUT2D eigenvalue weighted by Crippen LogP contribution is 2.47. The first-order chi connectivity index (χ1) is 68.2. The first kappa shape index (κ1) is 80.8. The molecule has 0 radical (unpaired) electrons. The molecule has 0 spiro atoms. The molecular formula is C130H92N8. The fourth-order valence-electron chi connectivity index (χ4n) is 22.4. The molecule has 138 heavy (non-hydrogen) atoms. The van der Waals surface area contributed by atoms with Gasteiger partial charge in [-0.2, -0.15) is 0 Å². The van der Waals surface area contributed by atoms with E-state index in [4.69, 9.17) is 0 Å². The summed E-state index contributed by atoms with van der Waals surface area (Å²) < 4.78 is 19.0. The summed E-state index contributed by atoms with van der Waals surface area (Å²) in [5, 5.41) is 20.7. The molecule has 0 bridgehead atoms. The predicted molar refractivity (Wildman–Crippen MR) is 586 cm³/mol. The first-order valence-electron chi connectivity index (χ1n) is 47.5. The summed E-state index contributed by atoms with van der Waals surface area (Å²) in [6.45, 7) is 0. The number of aryl methyl sites for hydroxylation is 4. The van der Waals surface area contributed by atoms with E-state index in [1.807, 2.05) is 0 Å². The Hall–Kier alpha value is -18.0. The summed E-state index contributed by atoms with van der Waals surface area (Å²) in [7, 11) is 8.67. The molecule has 8 heteroatoms. The van der Waals surface area contributed by atoms with Gasteiger partial charge in [0.1, 0.15) is 0 Å². The third-order valence-corrected chi connectivity index (χ3v) is 28.9. The lowest BCUT2D eigenvalue weighted by Crippen LogP contribution is -1.96. The number of fused-ring (bicyclic) bond motifs is 26. The summed E-state index contributed by atoms with van der Waals surface area (Å²) >= 11 is 0. The smallest absolute Gasteiger partial charge is 0.0641 e. The number of para-hydroxylation sites is 9. The molecule has 0 fully saturated rings. The van der Waals surface area contributed by atoms with Crippen LogP contribution in [-0.4, -0.2) is 36.5 Å². The Labute approximate surface area is 797 Å². The van der Waals surface area contributed by atoms with E-state index in [0.717, 1.165) is 0 Å². The predicted octanol–water partition coefficient (Wildman–Crippen LogP) is 34.0. The van der Waals surface area contributed by atoms with E-state index in [-0.39, 0.29) is 0 Å². The fourth-order valence-corrected chi connectivity index (χ4v) is 22.4. The van der Waals surface area contributed by atoms with Crippen LogP contribution in [0, 0.1) is 0 Å². The lowest BCUT2D eigenvalue weighted by molar-refractivity contribution is 1.01. The zero-order valence-electron chi connectivity index (χ0n) is 76.8. The molecule has 0 saturated carbocycles. The Morgan fingerprint density at radius 3 is 0.761 bits per heavy atom. The summed E-state index contributed by atoms with van der Waals surface area (Å²) in [5.74, 6) is 0. The van der Waals surface area contributed by atoms with E-state index >= 15 is 0 Å². The molecule has 0 aliphatic heterocycles. The summed E-state index contributed by atoms with van der Waals surface area (Å²) in [6.07, 6.45) is 0. The maximum atomic E-state index is 2.48. The SMILES string of the molecule is Cn1c2ccccc2c2c1ccc1c3ccccc3n(-c3cc(-c4ccccc4)cc(-c4ccccc4)c3)c12.Cn1c2ccccc2c2c1ccc1c3ccccc3n(-c3cccc(-c4ccc(-c5ccccc5)cc4)c3)c12.Cn1c2ccccc2c2cc3c(cc21)c1ccccc1n3-c1ccc(-c2ccccc2)cc1.Cn1c2ccccc2c2cc3c(cc21)c1ccccc1n3-c1ccccc1. The highest BCUT2D eigenvalue weighted by Gasteiger charge is 2.25. The summed E-state index contributed by atoms with van der Waals surface area (Å²) in [6, 6.07) is 175. The molecule has 8 heterocycles. The highest BCUT2D eigenvalue weighted by molar-refractivity contribution is 6.28. The average Bonchev–Trinajstić information content (AvgIpc) is 1.55. The molecule has 0 N–H and O–H groups in total. The maximum absolute atomic E-state index is 2.48. The standard InChI is InChI=1S/2C37H26N2.C31H22N2.C25H18N2/c1-38-33-18-10-9-17-32(33)36-35(38)21-20-31-30-16-8-11-19-34(30)39(37(31)36)29-23-27(25-12-4-2-5-13-25)22-28(24-29)26-14-6-3-7-15-26;1-38-33-16-7-6-15-32(33)36-35(38)23-22-31-30-14-5-8-17-34(30)39(37(31)36)29-13-9-12-28(24-29)27-20-18-26(19-21-27)25-10-3-2-4-11-25;1-32-28-13-7-5-11-24(28)26-20-31-27(19-30(26)32)25-12-6-8-14-29(25)33(31)23-17-15-22(16-18-23)21-9-3-2-4-10-21;1-26-22-13-7-5-11-18(22)20-16-25-21(15-24(20)26)19-12-6-8-14-23(19)27(25)17-9-3-2-4-10-17/h2*2-24H,1H3;2-20H,1H3;2-16H,1H3.